The van der Waals surface area contributed by atoms with Crippen LogP contribution < -0.4 is 5.32 Å². The molecule has 1 aliphatic heterocycles. The zero-order valence-electron chi connectivity index (χ0n) is 12.5. The molecule has 0 radical (unpaired) electrons. The first-order chi connectivity index (χ1) is 10.1. The van der Waals surface area contributed by atoms with Gasteiger partial charge in [0.05, 0.1) is 5.02 Å². The quantitative estimate of drug-likeness (QED) is 0.602. The SMILES string of the molecule is CC(NCCCN1CCCCC1)c1c(Cl)ccc(F)c1Cl. The zero-order valence-corrected chi connectivity index (χ0v) is 14.0. The van der Waals surface area contributed by atoms with Crippen molar-refractivity contribution in [1.29, 1.82) is 0 Å². The smallest absolute Gasteiger partial charge is 0.142 e. The number of benzene rings is 1. The molecule has 118 valence electrons. The third kappa shape index (κ3) is 4.82. The van der Waals surface area contributed by atoms with Gasteiger partial charge in [-0.15, -0.1) is 0 Å². The predicted octanol–water partition coefficient (Wildman–Crippen LogP) is 4.66. The molecular weight excluding hydrogens is 310 g/mol. The van der Waals surface area contributed by atoms with Crippen molar-refractivity contribution in [1.82, 2.24) is 10.2 Å². The van der Waals surface area contributed by atoms with E-state index in [1.165, 1.54) is 38.4 Å². The average molecular weight is 333 g/mol. The summed E-state index contributed by atoms with van der Waals surface area (Å²) in [6, 6.07) is 2.81. The maximum absolute atomic E-state index is 13.5. The molecule has 1 aliphatic rings. The summed E-state index contributed by atoms with van der Waals surface area (Å²) in [7, 11) is 0. The summed E-state index contributed by atoms with van der Waals surface area (Å²) in [4.78, 5) is 2.51. The van der Waals surface area contributed by atoms with E-state index in [-0.39, 0.29) is 11.1 Å². The van der Waals surface area contributed by atoms with Gasteiger partial charge in [0.15, 0.2) is 0 Å². The molecule has 1 heterocycles. The molecule has 0 spiro atoms. The highest BCUT2D eigenvalue weighted by Crippen LogP contribution is 2.32. The van der Waals surface area contributed by atoms with Crippen LogP contribution in [0.25, 0.3) is 0 Å². The fourth-order valence-electron chi connectivity index (χ4n) is 2.85. The molecule has 5 heteroatoms. The van der Waals surface area contributed by atoms with Crippen LogP contribution in [0.4, 0.5) is 4.39 Å². The largest absolute Gasteiger partial charge is 0.310 e. The molecular formula is C16H23Cl2FN2. The first kappa shape index (κ1) is 17.0. The summed E-state index contributed by atoms with van der Waals surface area (Å²) >= 11 is 12.2. The number of likely N-dealkylation sites (tertiary alicyclic amines) is 1. The monoisotopic (exact) mass is 332 g/mol. The molecule has 21 heavy (non-hydrogen) atoms. The highest BCUT2D eigenvalue weighted by molar-refractivity contribution is 6.36. The van der Waals surface area contributed by atoms with Crippen LogP contribution in [0, 0.1) is 5.82 Å². The molecule has 1 fully saturated rings. The van der Waals surface area contributed by atoms with E-state index in [2.05, 4.69) is 10.2 Å². The van der Waals surface area contributed by atoms with Crippen LogP contribution in [-0.4, -0.2) is 31.1 Å². The van der Waals surface area contributed by atoms with Gasteiger partial charge >= 0.3 is 0 Å². The second kappa shape index (κ2) is 8.33. The van der Waals surface area contributed by atoms with E-state index in [4.69, 9.17) is 23.2 Å². The minimum absolute atomic E-state index is 0.0537. The van der Waals surface area contributed by atoms with Crippen LogP contribution in [0.2, 0.25) is 10.0 Å². The van der Waals surface area contributed by atoms with Gasteiger partial charge < -0.3 is 10.2 Å². The lowest BCUT2D eigenvalue weighted by molar-refractivity contribution is 0.225. The number of piperidine rings is 1. The molecule has 1 atom stereocenters. The minimum atomic E-state index is -0.418. The van der Waals surface area contributed by atoms with Crippen LogP contribution in [0.3, 0.4) is 0 Å². The van der Waals surface area contributed by atoms with Crippen LogP contribution in [0.1, 0.15) is 44.2 Å². The first-order valence-electron chi connectivity index (χ1n) is 7.68. The lowest BCUT2D eigenvalue weighted by atomic mass is 10.1. The van der Waals surface area contributed by atoms with Crippen LogP contribution >= 0.6 is 23.2 Å². The highest BCUT2D eigenvalue weighted by atomic mass is 35.5. The third-order valence-corrected chi connectivity index (χ3v) is 4.78. The van der Waals surface area contributed by atoms with Crippen molar-refractivity contribution >= 4 is 23.2 Å². The van der Waals surface area contributed by atoms with E-state index in [1.54, 1.807) is 6.07 Å². The van der Waals surface area contributed by atoms with Crippen molar-refractivity contribution in [3.8, 4) is 0 Å². The van der Waals surface area contributed by atoms with Gasteiger partial charge in [0, 0.05) is 16.6 Å². The molecule has 0 bridgehead atoms. The summed E-state index contributed by atoms with van der Waals surface area (Å²) in [5.41, 5.74) is 0.649. The molecule has 0 aromatic heterocycles. The molecule has 2 rings (SSSR count). The molecule has 1 aromatic rings. The number of hydrogen-bond acceptors (Lipinski definition) is 2. The summed E-state index contributed by atoms with van der Waals surface area (Å²) in [5, 5.41) is 4.02. The lowest BCUT2D eigenvalue weighted by Crippen LogP contribution is -2.32. The molecule has 1 unspecified atom stereocenters. The normalized spacial score (nSPS) is 17.9. The van der Waals surface area contributed by atoms with E-state index >= 15 is 0 Å². The van der Waals surface area contributed by atoms with Gasteiger partial charge in [0.1, 0.15) is 5.82 Å². The number of hydrogen-bond donors (Lipinski definition) is 1. The topological polar surface area (TPSA) is 15.3 Å². The van der Waals surface area contributed by atoms with Gasteiger partial charge in [0.25, 0.3) is 0 Å². The fourth-order valence-corrected chi connectivity index (χ4v) is 3.54. The predicted molar refractivity (Wildman–Crippen MR) is 87.7 cm³/mol. The number of rotatable bonds is 6. The van der Waals surface area contributed by atoms with Crippen LogP contribution in [0.5, 0.6) is 0 Å². The second-order valence-corrected chi connectivity index (χ2v) is 6.47. The highest BCUT2D eigenvalue weighted by Gasteiger charge is 2.16. The van der Waals surface area contributed by atoms with E-state index < -0.39 is 5.82 Å². The summed E-state index contributed by atoms with van der Waals surface area (Å²) < 4.78 is 13.5. The van der Waals surface area contributed by atoms with Gasteiger partial charge in [-0.1, -0.05) is 29.6 Å². The number of nitrogens with one attached hydrogen (secondary N) is 1. The maximum Gasteiger partial charge on any atom is 0.142 e. The van der Waals surface area contributed by atoms with Crippen molar-refractivity contribution in [2.45, 2.75) is 38.6 Å². The van der Waals surface area contributed by atoms with Gasteiger partial charge in [-0.25, -0.2) is 4.39 Å². The Hall–Kier alpha value is -0.350. The Bertz CT molecular complexity index is 462. The second-order valence-electron chi connectivity index (χ2n) is 5.69. The number of halogens is 3. The summed E-state index contributed by atoms with van der Waals surface area (Å²) in [6.07, 6.45) is 5.08. The van der Waals surface area contributed by atoms with E-state index in [0.29, 0.717) is 10.6 Å². The van der Waals surface area contributed by atoms with E-state index in [0.717, 1.165) is 19.5 Å². The Labute approximate surface area is 136 Å². The molecule has 1 N–H and O–H groups in total. The Morgan fingerprint density at radius 2 is 1.95 bits per heavy atom. The van der Waals surface area contributed by atoms with Crippen LogP contribution in [0.15, 0.2) is 12.1 Å². The number of nitrogens with zero attached hydrogens (tertiary/aromatic N) is 1. The minimum Gasteiger partial charge on any atom is -0.310 e. The Morgan fingerprint density at radius 1 is 1.24 bits per heavy atom. The molecule has 2 nitrogen and oxygen atoms in total. The van der Waals surface area contributed by atoms with Crippen molar-refractivity contribution in [2.75, 3.05) is 26.2 Å². The standard InChI is InChI=1S/C16H23Cl2FN2/c1-12(15-13(17)6-7-14(19)16(15)18)20-8-5-11-21-9-3-2-4-10-21/h6-7,12,20H,2-5,8-11H2,1H3. The van der Waals surface area contributed by atoms with Crippen molar-refractivity contribution in [3.63, 3.8) is 0 Å². The fraction of sp³-hybridized carbons (Fsp3) is 0.625. The first-order valence-corrected chi connectivity index (χ1v) is 8.44. The van der Waals surface area contributed by atoms with Gasteiger partial charge in [0.2, 0.25) is 0 Å². The zero-order chi connectivity index (χ0) is 15.2. The molecule has 0 amide bonds. The Morgan fingerprint density at radius 3 is 2.67 bits per heavy atom. The van der Waals surface area contributed by atoms with E-state index in [1.807, 2.05) is 6.92 Å². The van der Waals surface area contributed by atoms with Gasteiger partial charge in [-0.3, -0.25) is 0 Å². The molecule has 1 saturated heterocycles. The van der Waals surface area contributed by atoms with Crippen molar-refractivity contribution in [3.05, 3.63) is 33.6 Å². The van der Waals surface area contributed by atoms with Crippen LogP contribution in [-0.2, 0) is 0 Å². The van der Waals surface area contributed by atoms with Gasteiger partial charge in [-0.2, -0.15) is 0 Å². The lowest BCUT2D eigenvalue weighted by Gasteiger charge is -2.26. The maximum atomic E-state index is 13.5. The summed E-state index contributed by atoms with van der Waals surface area (Å²) in [5.74, 6) is -0.418. The molecule has 1 aromatic carbocycles. The molecule has 0 saturated carbocycles. The Balaban J connectivity index is 1.79. The molecule has 0 aliphatic carbocycles. The summed E-state index contributed by atoms with van der Waals surface area (Å²) in [6.45, 7) is 6.40. The van der Waals surface area contributed by atoms with Crippen molar-refractivity contribution in [2.24, 2.45) is 0 Å². The third-order valence-electron chi connectivity index (χ3n) is 4.06. The Kier molecular flexibility index (Phi) is 6.74. The van der Waals surface area contributed by atoms with Gasteiger partial charge in [-0.05, 0) is 64.5 Å². The average Bonchev–Trinajstić information content (AvgIpc) is 2.49. The van der Waals surface area contributed by atoms with E-state index in [9.17, 15) is 4.39 Å². The van der Waals surface area contributed by atoms with Crippen molar-refractivity contribution < 1.29 is 4.39 Å².